The molecule has 1 aromatic heterocycles. The van der Waals surface area contributed by atoms with Gasteiger partial charge in [-0.25, -0.2) is 4.98 Å². The Hall–Kier alpha value is -3.59. The van der Waals surface area contributed by atoms with Gasteiger partial charge in [-0.2, -0.15) is 5.26 Å². The number of carbonyl (C=O) groups is 1. The molecule has 0 radical (unpaired) electrons. The van der Waals surface area contributed by atoms with Crippen LogP contribution in [0.4, 0.5) is 5.69 Å². The molecule has 162 valence electrons. The lowest BCUT2D eigenvalue weighted by Crippen LogP contribution is -2.14. The monoisotopic (exact) mass is 469 g/mol. The molecule has 1 heterocycles. The first-order valence-corrected chi connectivity index (χ1v) is 11.7. The van der Waals surface area contributed by atoms with Crippen molar-refractivity contribution < 1.29 is 4.79 Å². The largest absolute Gasteiger partial charge is 0.325 e. The van der Waals surface area contributed by atoms with Crippen LogP contribution in [0.15, 0.2) is 90.0 Å². The summed E-state index contributed by atoms with van der Waals surface area (Å²) in [5.41, 5.74) is 5.60. The second kappa shape index (κ2) is 10.4. The molecule has 0 unspecified atom stereocenters. The van der Waals surface area contributed by atoms with Gasteiger partial charge in [0.15, 0.2) is 0 Å². The highest BCUT2D eigenvalue weighted by molar-refractivity contribution is 8.00. The number of amides is 1. The highest BCUT2D eigenvalue weighted by atomic mass is 35.5. The molecule has 0 aliphatic rings. The van der Waals surface area contributed by atoms with Crippen LogP contribution in [0.5, 0.6) is 0 Å². The molecule has 0 saturated carbocycles. The van der Waals surface area contributed by atoms with E-state index in [1.54, 1.807) is 12.1 Å². The number of nitrogens with zero attached hydrogens (tertiary/aromatic N) is 2. The van der Waals surface area contributed by atoms with Crippen LogP contribution in [0.3, 0.4) is 0 Å². The third kappa shape index (κ3) is 5.61. The average Bonchev–Trinajstić information content (AvgIpc) is 2.84. The van der Waals surface area contributed by atoms with Crippen molar-refractivity contribution >= 4 is 35.0 Å². The average molecular weight is 470 g/mol. The lowest BCUT2D eigenvalue weighted by Gasteiger charge is -2.13. The third-order valence-corrected chi connectivity index (χ3v) is 6.23. The molecule has 3 aromatic carbocycles. The summed E-state index contributed by atoms with van der Waals surface area (Å²) < 4.78 is 0. The third-order valence-electron chi connectivity index (χ3n) is 5.00. The molecular weight excluding hydrogens is 450 g/mol. The van der Waals surface area contributed by atoms with Gasteiger partial charge in [-0.3, -0.25) is 4.79 Å². The van der Waals surface area contributed by atoms with E-state index in [-0.39, 0.29) is 11.7 Å². The number of halogens is 1. The van der Waals surface area contributed by atoms with Gasteiger partial charge in [-0.1, -0.05) is 83.5 Å². The van der Waals surface area contributed by atoms with Gasteiger partial charge < -0.3 is 5.32 Å². The van der Waals surface area contributed by atoms with E-state index in [4.69, 9.17) is 16.6 Å². The fraction of sp³-hybridized carbons (Fsp3) is 0.0741. The van der Waals surface area contributed by atoms with E-state index in [0.29, 0.717) is 21.3 Å². The first-order chi connectivity index (χ1) is 16.0. The number of aromatic nitrogens is 1. The van der Waals surface area contributed by atoms with E-state index < -0.39 is 0 Å². The molecule has 0 aliphatic carbocycles. The van der Waals surface area contributed by atoms with Crippen LogP contribution < -0.4 is 5.32 Å². The van der Waals surface area contributed by atoms with E-state index in [9.17, 15) is 10.1 Å². The fourth-order valence-electron chi connectivity index (χ4n) is 3.32. The number of anilines is 1. The topological polar surface area (TPSA) is 65.8 Å². The molecule has 0 fully saturated rings. The minimum Gasteiger partial charge on any atom is -0.325 e. The molecule has 4 rings (SSSR count). The SMILES string of the molecule is Cc1ccc(NC(=O)CSc2nc(-c3ccc(Cl)cc3)cc(-c3ccccc3)c2C#N)cc1. The number of nitriles is 1. The molecule has 1 amide bonds. The van der Waals surface area contributed by atoms with Crippen molar-refractivity contribution in [3.63, 3.8) is 0 Å². The maximum Gasteiger partial charge on any atom is 0.234 e. The Balaban J connectivity index is 1.67. The summed E-state index contributed by atoms with van der Waals surface area (Å²) >= 11 is 7.30. The first-order valence-electron chi connectivity index (χ1n) is 10.3. The van der Waals surface area contributed by atoms with Gasteiger partial charge in [0, 0.05) is 21.8 Å². The summed E-state index contributed by atoms with van der Waals surface area (Å²) in [6.45, 7) is 1.99. The molecule has 0 aliphatic heterocycles. The number of hydrogen-bond donors (Lipinski definition) is 1. The first kappa shape index (κ1) is 22.6. The molecule has 33 heavy (non-hydrogen) atoms. The van der Waals surface area contributed by atoms with Crippen molar-refractivity contribution in [1.29, 1.82) is 5.26 Å². The molecule has 4 nitrogen and oxygen atoms in total. The van der Waals surface area contributed by atoms with Crippen molar-refractivity contribution in [2.45, 2.75) is 11.9 Å². The number of thioether (sulfide) groups is 1. The second-order valence-electron chi connectivity index (χ2n) is 7.42. The number of pyridine rings is 1. The minimum absolute atomic E-state index is 0.133. The van der Waals surface area contributed by atoms with Gasteiger partial charge in [0.05, 0.1) is 17.0 Å². The molecular formula is C27H20ClN3OS. The van der Waals surface area contributed by atoms with Crippen LogP contribution in [0.1, 0.15) is 11.1 Å². The van der Waals surface area contributed by atoms with Crippen LogP contribution in [0.2, 0.25) is 5.02 Å². The second-order valence-corrected chi connectivity index (χ2v) is 8.82. The van der Waals surface area contributed by atoms with Gasteiger partial charge in [0.1, 0.15) is 11.1 Å². The molecule has 4 aromatic rings. The van der Waals surface area contributed by atoms with E-state index >= 15 is 0 Å². The molecule has 6 heteroatoms. The maximum absolute atomic E-state index is 12.6. The Kier molecular flexibility index (Phi) is 7.09. The molecule has 0 spiro atoms. The van der Waals surface area contributed by atoms with Gasteiger partial charge in [0.2, 0.25) is 5.91 Å². The number of aryl methyl sites for hydroxylation is 1. The highest BCUT2D eigenvalue weighted by Crippen LogP contribution is 2.34. The summed E-state index contributed by atoms with van der Waals surface area (Å²) in [5, 5.41) is 14.0. The maximum atomic E-state index is 12.6. The van der Waals surface area contributed by atoms with E-state index in [2.05, 4.69) is 11.4 Å². The van der Waals surface area contributed by atoms with E-state index in [1.165, 1.54) is 11.8 Å². The predicted molar refractivity (Wildman–Crippen MR) is 135 cm³/mol. The standard InChI is InChI=1S/C27H20ClN3OS/c1-18-7-13-22(14-8-18)30-26(32)17-33-27-24(16-29)23(19-5-3-2-4-6-19)15-25(31-27)20-9-11-21(28)12-10-20/h2-15H,17H2,1H3,(H,30,32). The Morgan fingerprint density at radius 1 is 1.00 bits per heavy atom. The van der Waals surface area contributed by atoms with Crippen LogP contribution in [-0.4, -0.2) is 16.6 Å². The zero-order valence-electron chi connectivity index (χ0n) is 17.9. The van der Waals surface area contributed by atoms with Crippen molar-refractivity contribution in [1.82, 2.24) is 4.98 Å². The number of hydrogen-bond acceptors (Lipinski definition) is 4. The van der Waals surface area contributed by atoms with Crippen molar-refractivity contribution in [3.05, 3.63) is 101 Å². The normalized spacial score (nSPS) is 10.5. The summed E-state index contributed by atoms with van der Waals surface area (Å²) in [5.74, 6) is -0.0267. The summed E-state index contributed by atoms with van der Waals surface area (Å²) in [7, 11) is 0. The number of rotatable bonds is 6. The van der Waals surface area contributed by atoms with E-state index in [0.717, 1.165) is 27.9 Å². The molecule has 0 bridgehead atoms. The van der Waals surface area contributed by atoms with Crippen molar-refractivity contribution in [2.24, 2.45) is 0 Å². The predicted octanol–water partition coefficient (Wildman–Crippen LogP) is 6.98. The molecule has 0 atom stereocenters. The van der Waals surface area contributed by atoms with Gasteiger partial charge in [-0.05, 0) is 42.8 Å². The van der Waals surface area contributed by atoms with Gasteiger partial charge >= 0.3 is 0 Å². The van der Waals surface area contributed by atoms with Crippen LogP contribution in [0.25, 0.3) is 22.4 Å². The Labute approximate surface area is 202 Å². The van der Waals surface area contributed by atoms with Crippen molar-refractivity contribution in [3.8, 4) is 28.5 Å². The molecule has 1 N–H and O–H groups in total. The summed E-state index contributed by atoms with van der Waals surface area (Å²) in [6.07, 6.45) is 0. The smallest absolute Gasteiger partial charge is 0.234 e. The highest BCUT2D eigenvalue weighted by Gasteiger charge is 2.17. The van der Waals surface area contributed by atoms with Gasteiger partial charge in [0.25, 0.3) is 0 Å². The van der Waals surface area contributed by atoms with Crippen LogP contribution in [0, 0.1) is 18.3 Å². The minimum atomic E-state index is -0.160. The summed E-state index contributed by atoms with van der Waals surface area (Å²) in [4.78, 5) is 17.3. The lowest BCUT2D eigenvalue weighted by atomic mass is 9.99. The number of benzene rings is 3. The Morgan fingerprint density at radius 2 is 1.70 bits per heavy atom. The lowest BCUT2D eigenvalue weighted by molar-refractivity contribution is -0.113. The quantitative estimate of drug-likeness (QED) is 0.309. The summed E-state index contributed by atoms with van der Waals surface area (Å²) in [6, 6.07) is 28.9. The van der Waals surface area contributed by atoms with Crippen LogP contribution >= 0.6 is 23.4 Å². The van der Waals surface area contributed by atoms with Crippen molar-refractivity contribution in [2.75, 3.05) is 11.1 Å². The zero-order valence-corrected chi connectivity index (χ0v) is 19.5. The number of carbonyl (C=O) groups excluding carboxylic acids is 1. The Morgan fingerprint density at radius 3 is 2.36 bits per heavy atom. The van der Waals surface area contributed by atoms with E-state index in [1.807, 2.05) is 79.7 Å². The number of nitrogens with one attached hydrogen (secondary N) is 1. The molecule has 0 saturated heterocycles. The Bertz CT molecular complexity index is 1310. The zero-order chi connectivity index (χ0) is 23.2. The fourth-order valence-corrected chi connectivity index (χ4v) is 4.24. The van der Waals surface area contributed by atoms with Crippen LogP contribution in [-0.2, 0) is 4.79 Å². The van der Waals surface area contributed by atoms with Gasteiger partial charge in [-0.15, -0.1) is 0 Å².